The Hall–Kier alpha value is -0.730. The van der Waals surface area contributed by atoms with Crippen LogP contribution in [0.4, 0.5) is 0 Å². The van der Waals surface area contributed by atoms with Crippen LogP contribution < -0.4 is 10.1 Å². The van der Waals surface area contributed by atoms with Gasteiger partial charge >= 0.3 is 0 Å². The monoisotopic (exact) mass is 295 g/mol. The molecule has 1 saturated carbocycles. The Morgan fingerprint density at radius 2 is 1.85 bits per heavy atom. The van der Waals surface area contributed by atoms with Crippen LogP contribution in [-0.2, 0) is 0 Å². The molecule has 1 aromatic carbocycles. The maximum atomic E-state index is 6.19. The van der Waals surface area contributed by atoms with Crippen LogP contribution in [0, 0.1) is 5.41 Å². The predicted molar refractivity (Wildman–Crippen MR) is 85.7 cm³/mol. The molecule has 0 atom stereocenters. The molecule has 2 rings (SSSR count). The first-order chi connectivity index (χ1) is 9.85. The minimum atomic E-state index is 0.347. The van der Waals surface area contributed by atoms with Crippen LogP contribution in [0.25, 0.3) is 0 Å². The van der Waals surface area contributed by atoms with Gasteiger partial charge in [0.15, 0.2) is 0 Å². The number of nitrogens with one attached hydrogen (secondary N) is 1. The van der Waals surface area contributed by atoms with Crippen LogP contribution >= 0.6 is 11.6 Å². The Morgan fingerprint density at radius 3 is 2.55 bits per heavy atom. The number of benzene rings is 1. The molecule has 0 saturated heterocycles. The van der Waals surface area contributed by atoms with E-state index in [2.05, 4.69) is 5.32 Å². The third kappa shape index (κ3) is 4.99. The molecule has 20 heavy (non-hydrogen) atoms. The van der Waals surface area contributed by atoms with Gasteiger partial charge in [-0.15, -0.1) is 11.6 Å². The zero-order valence-electron chi connectivity index (χ0n) is 12.2. The number of hydrogen-bond acceptors (Lipinski definition) is 2. The molecule has 1 aromatic rings. The fourth-order valence-electron chi connectivity index (χ4n) is 2.92. The SMILES string of the molecule is ClCC1(CNCCCOc2ccccc2)CCCCC1. The van der Waals surface area contributed by atoms with Gasteiger partial charge in [0.2, 0.25) is 0 Å². The van der Waals surface area contributed by atoms with Crippen molar-refractivity contribution < 1.29 is 4.74 Å². The van der Waals surface area contributed by atoms with Crippen LogP contribution in [0.2, 0.25) is 0 Å². The van der Waals surface area contributed by atoms with E-state index < -0.39 is 0 Å². The van der Waals surface area contributed by atoms with E-state index in [1.54, 1.807) is 0 Å². The topological polar surface area (TPSA) is 21.3 Å². The van der Waals surface area contributed by atoms with Crippen molar-refractivity contribution in [2.75, 3.05) is 25.6 Å². The average molecular weight is 296 g/mol. The summed E-state index contributed by atoms with van der Waals surface area (Å²) in [6.45, 7) is 2.83. The second-order valence-corrected chi connectivity index (χ2v) is 6.15. The molecule has 0 amide bonds. The van der Waals surface area contributed by atoms with E-state index >= 15 is 0 Å². The zero-order valence-corrected chi connectivity index (χ0v) is 13.0. The molecule has 0 heterocycles. The van der Waals surface area contributed by atoms with Crippen molar-refractivity contribution in [1.82, 2.24) is 5.32 Å². The van der Waals surface area contributed by atoms with Gasteiger partial charge in [0, 0.05) is 12.4 Å². The molecule has 1 N–H and O–H groups in total. The highest BCUT2D eigenvalue weighted by atomic mass is 35.5. The third-order valence-corrected chi connectivity index (χ3v) is 4.77. The van der Waals surface area contributed by atoms with E-state index in [9.17, 15) is 0 Å². The summed E-state index contributed by atoms with van der Waals surface area (Å²) in [5.41, 5.74) is 0.347. The highest BCUT2D eigenvalue weighted by Gasteiger charge is 2.30. The molecule has 0 radical (unpaired) electrons. The summed E-state index contributed by atoms with van der Waals surface area (Å²) in [5.74, 6) is 1.75. The molecule has 3 heteroatoms. The number of halogens is 1. The van der Waals surface area contributed by atoms with E-state index in [4.69, 9.17) is 16.3 Å². The van der Waals surface area contributed by atoms with Gasteiger partial charge in [-0.25, -0.2) is 0 Å². The van der Waals surface area contributed by atoms with Crippen molar-refractivity contribution in [2.24, 2.45) is 5.41 Å². The summed E-state index contributed by atoms with van der Waals surface area (Å²) in [6, 6.07) is 10.0. The lowest BCUT2D eigenvalue weighted by Crippen LogP contribution is -2.38. The largest absolute Gasteiger partial charge is 0.494 e. The first kappa shape index (κ1) is 15.7. The lowest BCUT2D eigenvalue weighted by molar-refractivity contribution is 0.210. The van der Waals surface area contributed by atoms with Crippen molar-refractivity contribution in [3.05, 3.63) is 30.3 Å². The van der Waals surface area contributed by atoms with Gasteiger partial charge in [0.1, 0.15) is 5.75 Å². The van der Waals surface area contributed by atoms with Crippen LogP contribution in [0.1, 0.15) is 38.5 Å². The first-order valence-corrected chi connectivity index (χ1v) is 8.33. The molecule has 1 fully saturated rings. The summed E-state index contributed by atoms with van der Waals surface area (Å²) in [5, 5.41) is 3.57. The van der Waals surface area contributed by atoms with Gasteiger partial charge in [-0.1, -0.05) is 37.5 Å². The molecule has 0 aliphatic heterocycles. The summed E-state index contributed by atoms with van der Waals surface area (Å²) in [7, 11) is 0. The number of ether oxygens (including phenoxy) is 1. The molecule has 0 bridgehead atoms. The second kappa shape index (κ2) is 8.53. The van der Waals surface area contributed by atoms with E-state index in [0.717, 1.165) is 37.7 Å². The summed E-state index contributed by atoms with van der Waals surface area (Å²) < 4.78 is 5.68. The van der Waals surface area contributed by atoms with Crippen molar-refractivity contribution in [3.8, 4) is 5.75 Å². The fraction of sp³-hybridized carbons (Fsp3) is 0.647. The average Bonchev–Trinajstić information content (AvgIpc) is 2.53. The minimum Gasteiger partial charge on any atom is -0.494 e. The molecule has 1 aliphatic rings. The highest BCUT2D eigenvalue weighted by molar-refractivity contribution is 6.18. The van der Waals surface area contributed by atoms with E-state index in [1.165, 1.54) is 32.1 Å². The van der Waals surface area contributed by atoms with E-state index in [1.807, 2.05) is 30.3 Å². The van der Waals surface area contributed by atoms with Crippen molar-refractivity contribution in [1.29, 1.82) is 0 Å². The van der Waals surface area contributed by atoms with E-state index in [0.29, 0.717) is 5.41 Å². The van der Waals surface area contributed by atoms with Gasteiger partial charge < -0.3 is 10.1 Å². The summed E-state index contributed by atoms with van der Waals surface area (Å²) >= 11 is 6.19. The molecule has 0 spiro atoms. The Labute approximate surface area is 127 Å². The standard InChI is InChI=1S/C17H26ClNO/c18-14-17(10-5-2-6-11-17)15-19-12-7-13-20-16-8-3-1-4-9-16/h1,3-4,8-9,19H,2,5-7,10-15H2. The first-order valence-electron chi connectivity index (χ1n) is 7.79. The molecule has 0 aromatic heterocycles. The van der Waals surface area contributed by atoms with Crippen LogP contribution in [0.5, 0.6) is 5.75 Å². The van der Waals surface area contributed by atoms with Gasteiger partial charge in [-0.3, -0.25) is 0 Å². The van der Waals surface area contributed by atoms with Gasteiger partial charge in [-0.05, 0) is 43.4 Å². The molecular formula is C17H26ClNO. The summed E-state index contributed by atoms with van der Waals surface area (Å²) in [4.78, 5) is 0. The van der Waals surface area contributed by atoms with Gasteiger partial charge in [0.25, 0.3) is 0 Å². The number of alkyl halides is 1. The number of rotatable bonds is 8. The third-order valence-electron chi connectivity index (χ3n) is 4.21. The number of hydrogen-bond donors (Lipinski definition) is 1. The maximum absolute atomic E-state index is 6.19. The fourth-order valence-corrected chi connectivity index (χ4v) is 3.28. The van der Waals surface area contributed by atoms with E-state index in [-0.39, 0.29) is 0 Å². The van der Waals surface area contributed by atoms with Crippen molar-refractivity contribution in [3.63, 3.8) is 0 Å². The zero-order chi connectivity index (χ0) is 14.1. The van der Waals surface area contributed by atoms with Gasteiger partial charge in [-0.2, -0.15) is 0 Å². The molecule has 2 nitrogen and oxygen atoms in total. The summed E-state index contributed by atoms with van der Waals surface area (Å²) in [6.07, 6.45) is 7.65. The smallest absolute Gasteiger partial charge is 0.119 e. The Bertz CT molecular complexity index is 363. The maximum Gasteiger partial charge on any atom is 0.119 e. The highest BCUT2D eigenvalue weighted by Crippen LogP contribution is 2.36. The molecule has 112 valence electrons. The van der Waals surface area contributed by atoms with Crippen molar-refractivity contribution >= 4 is 11.6 Å². The van der Waals surface area contributed by atoms with Crippen molar-refractivity contribution in [2.45, 2.75) is 38.5 Å². The molecule has 1 aliphatic carbocycles. The molecular weight excluding hydrogens is 270 g/mol. The molecule has 0 unspecified atom stereocenters. The second-order valence-electron chi connectivity index (χ2n) is 5.89. The van der Waals surface area contributed by atoms with Crippen LogP contribution in [0.3, 0.4) is 0 Å². The normalized spacial score (nSPS) is 17.9. The lowest BCUT2D eigenvalue weighted by atomic mass is 9.75. The van der Waals surface area contributed by atoms with Gasteiger partial charge in [0.05, 0.1) is 6.61 Å². The van der Waals surface area contributed by atoms with Crippen LogP contribution in [0.15, 0.2) is 30.3 Å². The van der Waals surface area contributed by atoms with Crippen LogP contribution in [-0.4, -0.2) is 25.6 Å². The Balaban J connectivity index is 1.57. The lowest BCUT2D eigenvalue weighted by Gasteiger charge is -2.35. The predicted octanol–water partition coefficient (Wildman–Crippen LogP) is 4.23. The number of para-hydroxylation sites is 1. The Morgan fingerprint density at radius 1 is 1.10 bits per heavy atom. The quantitative estimate of drug-likeness (QED) is 0.572. The minimum absolute atomic E-state index is 0.347. The Kier molecular flexibility index (Phi) is 6.68.